The summed E-state index contributed by atoms with van der Waals surface area (Å²) in [5.74, 6) is -0.645. The highest BCUT2D eigenvalue weighted by Crippen LogP contribution is 1.97. The maximum Gasteiger partial charge on any atom is 0.235 e. The predicted octanol–water partition coefficient (Wildman–Crippen LogP) is 0.143. The standard InChI is InChI=1S/C11H23N3O2/c1-5-8(4)14-9(11(12)16)6-10(15)13-7(2)3/h7-9,14H,5-6H2,1-4H3,(H2,12,16)(H,13,15). The molecule has 0 saturated carbocycles. The predicted molar refractivity (Wildman–Crippen MR) is 63.8 cm³/mol. The van der Waals surface area contributed by atoms with Crippen LogP contribution in [0.4, 0.5) is 0 Å². The number of hydrogen-bond acceptors (Lipinski definition) is 3. The van der Waals surface area contributed by atoms with E-state index in [1.165, 1.54) is 0 Å². The van der Waals surface area contributed by atoms with E-state index in [-0.39, 0.29) is 24.4 Å². The van der Waals surface area contributed by atoms with Gasteiger partial charge in [0.05, 0.1) is 12.5 Å². The minimum atomic E-state index is -0.589. The summed E-state index contributed by atoms with van der Waals surface area (Å²) < 4.78 is 0. The lowest BCUT2D eigenvalue weighted by atomic mass is 10.1. The Labute approximate surface area is 97.2 Å². The topological polar surface area (TPSA) is 84.2 Å². The van der Waals surface area contributed by atoms with E-state index in [9.17, 15) is 9.59 Å². The van der Waals surface area contributed by atoms with Gasteiger partial charge in [-0.3, -0.25) is 9.59 Å². The Bertz CT molecular complexity index is 241. The van der Waals surface area contributed by atoms with Gasteiger partial charge in [0.2, 0.25) is 11.8 Å². The molecule has 0 aromatic heterocycles. The van der Waals surface area contributed by atoms with Gasteiger partial charge in [0.25, 0.3) is 0 Å². The van der Waals surface area contributed by atoms with Gasteiger partial charge in [-0.15, -0.1) is 0 Å². The maximum atomic E-state index is 11.5. The summed E-state index contributed by atoms with van der Waals surface area (Å²) in [5, 5.41) is 5.77. The van der Waals surface area contributed by atoms with E-state index in [0.29, 0.717) is 0 Å². The van der Waals surface area contributed by atoms with E-state index in [0.717, 1.165) is 6.42 Å². The summed E-state index contributed by atoms with van der Waals surface area (Å²) >= 11 is 0. The van der Waals surface area contributed by atoms with Crippen LogP contribution in [0.5, 0.6) is 0 Å². The fraction of sp³-hybridized carbons (Fsp3) is 0.818. The molecule has 0 aliphatic heterocycles. The van der Waals surface area contributed by atoms with Gasteiger partial charge < -0.3 is 16.4 Å². The molecule has 0 aliphatic carbocycles. The lowest BCUT2D eigenvalue weighted by molar-refractivity contribution is -0.127. The van der Waals surface area contributed by atoms with E-state index < -0.39 is 11.9 Å². The summed E-state index contributed by atoms with van der Waals surface area (Å²) in [6, 6.07) is -0.345. The Morgan fingerprint density at radius 2 is 1.81 bits per heavy atom. The molecule has 16 heavy (non-hydrogen) atoms. The summed E-state index contributed by atoms with van der Waals surface area (Å²) in [4.78, 5) is 22.6. The lowest BCUT2D eigenvalue weighted by Gasteiger charge is -2.20. The van der Waals surface area contributed by atoms with Crippen molar-refractivity contribution in [3.63, 3.8) is 0 Å². The van der Waals surface area contributed by atoms with Crippen molar-refractivity contribution in [2.45, 2.75) is 58.7 Å². The first kappa shape index (κ1) is 14.9. The third kappa shape index (κ3) is 6.40. The monoisotopic (exact) mass is 229 g/mol. The van der Waals surface area contributed by atoms with Crippen LogP contribution in [0.1, 0.15) is 40.5 Å². The Balaban J connectivity index is 4.23. The fourth-order valence-electron chi connectivity index (χ4n) is 1.27. The number of amides is 2. The van der Waals surface area contributed by atoms with Gasteiger partial charge in [0, 0.05) is 12.1 Å². The number of primary amides is 1. The van der Waals surface area contributed by atoms with Crippen molar-refractivity contribution in [3.8, 4) is 0 Å². The van der Waals surface area contributed by atoms with Gasteiger partial charge >= 0.3 is 0 Å². The number of nitrogens with one attached hydrogen (secondary N) is 2. The summed E-state index contributed by atoms with van der Waals surface area (Å²) in [5.41, 5.74) is 5.24. The molecule has 5 nitrogen and oxygen atoms in total. The largest absolute Gasteiger partial charge is 0.368 e. The first-order valence-corrected chi connectivity index (χ1v) is 5.71. The summed E-state index contributed by atoms with van der Waals surface area (Å²) in [7, 11) is 0. The Hall–Kier alpha value is -1.10. The molecule has 2 atom stereocenters. The highest BCUT2D eigenvalue weighted by molar-refractivity contribution is 5.87. The van der Waals surface area contributed by atoms with Gasteiger partial charge in [-0.05, 0) is 27.2 Å². The molecule has 0 saturated heterocycles. The van der Waals surface area contributed by atoms with Crippen LogP contribution in [0, 0.1) is 0 Å². The van der Waals surface area contributed by atoms with E-state index in [1.54, 1.807) is 0 Å². The van der Waals surface area contributed by atoms with E-state index in [2.05, 4.69) is 10.6 Å². The molecule has 2 amide bonds. The molecule has 0 bridgehead atoms. The maximum absolute atomic E-state index is 11.5. The van der Waals surface area contributed by atoms with Crippen molar-refractivity contribution in [3.05, 3.63) is 0 Å². The van der Waals surface area contributed by atoms with Crippen LogP contribution in [-0.4, -0.2) is 29.9 Å². The lowest BCUT2D eigenvalue weighted by Crippen LogP contribution is -2.48. The van der Waals surface area contributed by atoms with E-state index >= 15 is 0 Å². The zero-order valence-corrected chi connectivity index (χ0v) is 10.5. The number of rotatable bonds is 7. The zero-order valence-electron chi connectivity index (χ0n) is 10.5. The van der Waals surface area contributed by atoms with E-state index in [1.807, 2.05) is 27.7 Å². The minimum absolute atomic E-state index is 0.0737. The quantitative estimate of drug-likeness (QED) is 0.580. The molecule has 0 spiro atoms. The minimum Gasteiger partial charge on any atom is -0.368 e. The van der Waals surface area contributed by atoms with E-state index in [4.69, 9.17) is 5.73 Å². The van der Waals surface area contributed by atoms with Crippen molar-refractivity contribution >= 4 is 11.8 Å². The third-order valence-electron chi connectivity index (χ3n) is 2.28. The Morgan fingerprint density at radius 3 is 2.19 bits per heavy atom. The van der Waals surface area contributed by atoms with Crippen LogP contribution in [0.25, 0.3) is 0 Å². The normalized spacial score (nSPS) is 14.6. The second-order valence-electron chi connectivity index (χ2n) is 4.36. The van der Waals surface area contributed by atoms with Crippen LogP contribution in [-0.2, 0) is 9.59 Å². The highest BCUT2D eigenvalue weighted by atomic mass is 16.2. The van der Waals surface area contributed by atoms with Gasteiger partial charge in [0.15, 0.2) is 0 Å². The highest BCUT2D eigenvalue weighted by Gasteiger charge is 2.20. The second kappa shape index (κ2) is 7.22. The fourth-order valence-corrected chi connectivity index (χ4v) is 1.27. The first-order chi connectivity index (χ1) is 7.36. The summed E-state index contributed by atoms with van der Waals surface area (Å²) in [6.45, 7) is 7.71. The Kier molecular flexibility index (Phi) is 6.72. The molecule has 4 N–H and O–H groups in total. The van der Waals surface area contributed by atoms with Crippen molar-refractivity contribution in [2.75, 3.05) is 0 Å². The molecule has 5 heteroatoms. The SMILES string of the molecule is CCC(C)NC(CC(=O)NC(C)C)C(N)=O. The number of nitrogens with two attached hydrogens (primary N) is 1. The number of hydrogen-bond donors (Lipinski definition) is 3. The molecule has 0 aromatic carbocycles. The molecule has 0 aromatic rings. The van der Waals surface area contributed by atoms with Crippen LogP contribution in [0.2, 0.25) is 0 Å². The molecular formula is C11H23N3O2. The average Bonchev–Trinajstić information content (AvgIpc) is 2.14. The molecule has 0 heterocycles. The molecule has 0 aliphatic rings. The molecule has 2 unspecified atom stereocenters. The molecule has 0 rings (SSSR count). The number of carbonyl (C=O) groups is 2. The van der Waals surface area contributed by atoms with Gasteiger partial charge in [-0.1, -0.05) is 6.92 Å². The second-order valence-corrected chi connectivity index (χ2v) is 4.36. The molecular weight excluding hydrogens is 206 g/mol. The smallest absolute Gasteiger partial charge is 0.235 e. The van der Waals surface area contributed by atoms with Crippen LogP contribution >= 0.6 is 0 Å². The van der Waals surface area contributed by atoms with Crippen molar-refractivity contribution in [1.29, 1.82) is 0 Å². The zero-order chi connectivity index (χ0) is 12.7. The van der Waals surface area contributed by atoms with Gasteiger partial charge in [-0.2, -0.15) is 0 Å². The molecule has 0 fully saturated rings. The van der Waals surface area contributed by atoms with Crippen molar-refractivity contribution in [1.82, 2.24) is 10.6 Å². The third-order valence-corrected chi connectivity index (χ3v) is 2.28. The Morgan fingerprint density at radius 1 is 1.25 bits per heavy atom. The number of carbonyl (C=O) groups excluding carboxylic acids is 2. The van der Waals surface area contributed by atoms with Gasteiger partial charge in [-0.25, -0.2) is 0 Å². The van der Waals surface area contributed by atoms with Crippen LogP contribution in [0.15, 0.2) is 0 Å². The van der Waals surface area contributed by atoms with Crippen molar-refractivity contribution < 1.29 is 9.59 Å². The summed E-state index contributed by atoms with van der Waals surface area (Å²) in [6.07, 6.45) is 0.980. The van der Waals surface area contributed by atoms with Crippen LogP contribution < -0.4 is 16.4 Å². The first-order valence-electron chi connectivity index (χ1n) is 5.71. The molecule has 94 valence electrons. The van der Waals surface area contributed by atoms with Gasteiger partial charge in [0.1, 0.15) is 0 Å². The van der Waals surface area contributed by atoms with Crippen LogP contribution in [0.3, 0.4) is 0 Å². The van der Waals surface area contributed by atoms with Crippen molar-refractivity contribution in [2.24, 2.45) is 5.73 Å². The molecule has 0 radical (unpaired) electrons. The average molecular weight is 229 g/mol.